The number of rotatable bonds is 7. The number of nitrogens with one attached hydrogen (secondary N) is 1. The molecule has 2 aromatic carbocycles. The Balaban J connectivity index is 1.21. The van der Waals surface area contributed by atoms with Gasteiger partial charge in [0.05, 0.1) is 18.7 Å². The first-order valence-electron chi connectivity index (χ1n) is 12.2. The topological polar surface area (TPSA) is 99.2 Å². The van der Waals surface area contributed by atoms with Gasteiger partial charge in [-0.3, -0.25) is 14.6 Å². The SMILES string of the molecule is NC1=CCCOc2ccc(CNC(=O)c3cncc(Cc4ccc(Cn5ccccc5=O)cc4)c3)cc21. The molecule has 2 aromatic heterocycles. The van der Waals surface area contributed by atoms with Crippen molar-refractivity contribution in [3.8, 4) is 5.75 Å². The Hall–Kier alpha value is -4.65. The molecule has 1 amide bonds. The number of pyridine rings is 2. The molecule has 7 nitrogen and oxygen atoms in total. The molecule has 0 atom stereocenters. The molecule has 0 saturated carbocycles. The molecule has 1 aliphatic heterocycles. The summed E-state index contributed by atoms with van der Waals surface area (Å²) in [5.74, 6) is 0.577. The van der Waals surface area contributed by atoms with E-state index in [4.69, 9.17) is 10.5 Å². The van der Waals surface area contributed by atoms with Crippen LogP contribution in [0.2, 0.25) is 0 Å². The zero-order valence-corrected chi connectivity index (χ0v) is 20.4. The van der Waals surface area contributed by atoms with E-state index in [1.165, 1.54) is 0 Å². The number of hydrogen-bond acceptors (Lipinski definition) is 5. The Morgan fingerprint density at radius 1 is 0.973 bits per heavy atom. The van der Waals surface area contributed by atoms with Crippen LogP contribution < -0.4 is 21.3 Å². The minimum atomic E-state index is -0.187. The fourth-order valence-corrected chi connectivity index (χ4v) is 4.31. The summed E-state index contributed by atoms with van der Waals surface area (Å²) < 4.78 is 7.40. The third-order valence-electron chi connectivity index (χ3n) is 6.29. The normalized spacial score (nSPS) is 12.6. The third-order valence-corrected chi connectivity index (χ3v) is 6.29. The first-order chi connectivity index (χ1) is 18.0. The molecule has 3 heterocycles. The number of benzene rings is 2. The lowest BCUT2D eigenvalue weighted by Gasteiger charge is -2.12. The Morgan fingerprint density at radius 2 is 1.78 bits per heavy atom. The van der Waals surface area contributed by atoms with Gasteiger partial charge in [0, 0.05) is 48.9 Å². The van der Waals surface area contributed by atoms with E-state index in [0.717, 1.165) is 40.0 Å². The summed E-state index contributed by atoms with van der Waals surface area (Å²) in [4.78, 5) is 29.1. The zero-order valence-electron chi connectivity index (χ0n) is 20.4. The van der Waals surface area contributed by atoms with E-state index >= 15 is 0 Å². The van der Waals surface area contributed by atoms with E-state index in [-0.39, 0.29) is 11.5 Å². The molecule has 4 aromatic rings. The van der Waals surface area contributed by atoms with Gasteiger partial charge in [0.15, 0.2) is 0 Å². The van der Waals surface area contributed by atoms with E-state index in [2.05, 4.69) is 10.3 Å². The number of carbonyl (C=O) groups excluding carboxylic acids is 1. The van der Waals surface area contributed by atoms with Gasteiger partial charge in [-0.15, -0.1) is 0 Å². The van der Waals surface area contributed by atoms with Crippen molar-refractivity contribution in [1.29, 1.82) is 0 Å². The highest BCUT2D eigenvalue weighted by atomic mass is 16.5. The Bertz CT molecular complexity index is 1510. The molecular formula is C30H28N4O3. The van der Waals surface area contributed by atoms with Crippen LogP contribution in [0, 0.1) is 0 Å². The number of nitrogens with two attached hydrogens (primary N) is 1. The lowest BCUT2D eigenvalue weighted by Crippen LogP contribution is -2.23. The maximum Gasteiger partial charge on any atom is 0.253 e. The average Bonchev–Trinajstić information content (AvgIpc) is 3.10. The number of carbonyl (C=O) groups is 1. The second kappa shape index (κ2) is 11.0. The fraction of sp³-hybridized carbons (Fsp3) is 0.167. The van der Waals surface area contributed by atoms with Crippen molar-refractivity contribution >= 4 is 11.6 Å². The predicted octanol–water partition coefficient (Wildman–Crippen LogP) is 3.89. The van der Waals surface area contributed by atoms with Gasteiger partial charge in [0.2, 0.25) is 0 Å². The third kappa shape index (κ3) is 5.95. The van der Waals surface area contributed by atoms with Gasteiger partial charge < -0.3 is 20.4 Å². The first-order valence-corrected chi connectivity index (χ1v) is 12.2. The van der Waals surface area contributed by atoms with Crippen molar-refractivity contribution in [2.24, 2.45) is 5.73 Å². The quantitative estimate of drug-likeness (QED) is 0.408. The number of aromatic nitrogens is 2. The monoisotopic (exact) mass is 492 g/mol. The molecule has 0 spiro atoms. The molecular weight excluding hydrogens is 464 g/mol. The summed E-state index contributed by atoms with van der Waals surface area (Å²) in [6.07, 6.45) is 8.52. The van der Waals surface area contributed by atoms with Crippen LogP contribution in [0.1, 0.15) is 44.6 Å². The van der Waals surface area contributed by atoms with Gasteiger partial charge in [0.25, 0.3) is 11.5 Å². The van der Waals surface area contributed by atoms with Gasteiger partial charge in [-0.1, -0.05) is 42.5 Å². The van der Waals surface area contributed by atoms with Crippen molar-refractivity contribution in [1.82, 2.24) is 14.9 Å². The Morgan fingerprint density at radius 3 is 2.62 bits per heavy atom. The van der Waals surface area contributed by atoms with E-state index < -0.39 is 0 Å². The van der Waals surface area contributed by atoms with Crippen molar-refractivity contribution in [3.05, 3.63) is 135 Å². The molecule has 0 aliphatic carbocycles. The van der Waals surface area contributed by atoms with Crippen molar-refractivity contribution in [2.75, 3.05) is 6.61 Å². The van der Waals surface area contributed by atoms with Crippen LogP contribution in [0.5, 0.6) is 5.75 Å². The number of ether oxygens (including phenoxy) is 1. The van der Waals surface area contributed by atoms with Gasteiger partial charge >= 0.3 is 0 Å². The van der Waals surface area contributed by atoms with Crippen LogP contribution in [-0.2, 0) is 19.5 Å². The summed E-state index contributed by atoms with van der Waals surface area (Å²) in [5.41, 5.74) is 12.2. The molecule has 0 bridgehead atoms. The van der Waals surface area contributed by atoms with Crippen LogP contribution in [-0.4, -0.2) is 22.1 Å². The minimum Gasteiger partial charge on any atom is -0.493 e. The zero-order chi connectivity index (χ0) is 25.6. The summed E-state index contributed by atoms with van der Waals surface area (Å²) in [7, 11) is 0. The highest BCUT2D eigenvalue weighted by Gasteiger charge is 2.12. The fourth-order valence-electron chi connectivity index (χ4n) is 4.31. The van der Waals surface area contributed by atoms with Crippen LogP contribution in [0.3, 0.4) is 0 Å². The number of amides is 1. The van der Waals surface area contributed by atoms with Gasteiger partial charge in [-0.2, -0.15) is 0 Å². The van der Waals surface area contributed by atoms with Crippen LogP contribution in [0.15, 0.2) is 96.2 Å². The van der Waals surface area contributed by atoms with E-state index in [1.807, 2.05) is 60.7 Å². The summed E-state index contributed by atoms with van der Waals surface area (Å²) >= 11 is 0. The Labute approximate surface area is 215 Å². The minimum absolute atomic E-state index is 0.0233. The van der Waals surface area contributed by atoms with E-state index in [9.17, 15) is 9.59 Å². The highest BCUT2D eigenvalue weighted by molar-refractivity contribution is 5.94. The molecule has 5 rings (SSSR count). The predicted molar refractivity (Wildman–Crippen MR) is 143 cm³/mol. The molecule has 7 heteroatoms. The number of hydrogen-bond donors (Lipinski definition) is 2. The van der Waals surface area contributed by atoms with Gasteiger partial charge in [-0.05, 0) is 52.9 Å². The average molecular weight is 493 g/mol. The molecule has 0 unspecified atom stereocenters. The maximum absolute atomic E-state index is 12.8. The summed E-state index contributed by atoms with van der Waals surface area (Å²) in [6.45, 7) is 1.50. The standard InChI is InChI=1S/C30H28N4O3/c31-27-4-3-13-37-28-11-10-23(16-26(27)28)18-33-30(36)25-15-24(17-32-19-25)14-21-6-8-22(9-7-21)20-34-12-2-1-5-29(34)35/h1-2,4-12,15-17,19H,3,13-14,18,20,31H2,(H,33,36). The lowest BCUT2D eigenvalue weighted by atomic mass is 10.0. The Kier molecular flexibility index (Phi) is 7.12. The molecule has 37 heavy (non-hydrogen) atoms. The van der Waals surface area contributed by atoms with Crippen LogP contribution >= 0.6 is 0 Å². The van der Waals surface area contributed by atoms with Crippen LogP contribution in [0.25, 0.3) is 5.70 Å². The second-order valence-electron chi connectivity index (χ2n) is 9.05. The maximum atomic E-state index is 12.8. The van der Waals surface area contributed by atoms with E-state index in [0.29, 0.717) is 37.4 Å². The van der Waals surface area contributed by atoms with Gasteiger partial charge in [-0.25, -0.2) is 0 Å². The second-order valence-corrected chi connectivity index (χ2v) is 9.05. The van der Waals surface area contributed by atoms with Crippen molar-refractivity contribution in [2.45, 2.75) is 25.9 Å². The van der Waals surface area contributed by atoms with E-state index in [1.54, 1.807) is 35.3 Å². The molecule has 0 saturated heterocycles. The van der Waals surface area contributed by atoms with Crippen molar-refractivity contribution in [3.63, 3.8) is 0 Å². The number of nitrogens with zero attached hydrogens (tertiary/aromatic N) is 2. The molecule has 186 valence electrons. The van der Waals surface area contributed by atoms with Gasteiger partial charge in [0.1, 0.15) is 5.75 Å². The largest absolute Gasteiger partial charge is 0.493 e. The molecule has 0 fully saturated rings. The summed E-state index contributed by atoms with van der Waals surface area (Å²) in [5, 5.41) is 2.97. The summed E-state index contributed by atoms with van der Waals surface area (Å²) in [6, 6.07) is 20.9. The highest BCUT2D eigenvalue weighted by Crippen LogP contribution is 2.27. The lowest BCUT2D eigenvalue weighted by molar-refractivity contribution is 0.0950. The molecule has 0 radical (unpaired) electrons. The number of fused-ring (bicyclic) bond motifs is 1. The van der Waals surface area contributed by atoms with Crippen LogP contribution in [0.4, 0.5) is 0 Å². The smallest absolute Gasteiger partial charge is 0.253 e. The molecule has 3 N–H and O–H groups in total. The first kappa shape index (κ1) is 24.1. The molecule has 1 aliphatic rings. The van der Waals surface area contributed by atoms with Crippen molar-refractivity contribution < 1.29 is 9.53 Å².